The number of ether oxygens (including phenoxy) is 2. The lowest BCUT2D eigenvalue weighted by atomic mass is 10.1. The van der Waals surface area contributed by atoms with Crippen molar-refractivity contribution >= 4 is 17.5 Å². The van der Waals surface area contributed by atoms with Crippen LogP contribution in [0.2, 0.25) is 0 Å². The third-order valence-electron chi connectivity index (χ3n) is 6.85. The molecule has 2 aliphatic heterocycles. The lowest BCUT2D eigenvalue weighted by Crippen LogP contribution is -2.49. The van der Waals surface area contributed by atoms with Crippen molar-refractivity contribution < 1.29 is 27.8 Å². The van der Waals surface area contributed by atoms with Gasteiger partial charge in [0.1, 0.15) is 18.3 Å². The molecule has 3 fully saturated rings. The van der Waals surface area contributed by atoms with Gasteiger partial charge >= 0.3 is 0 Å². The number of allylic oxidation sites excluding steroid dienone is 1. The number of hydrogen-bond donors (Lipinski definition) is 1. The molecule has 10 heteroatoms. The Morgan fingerprint density at radius 3 is 2.36 bits per heavy atom. The van der Waals surface area contributed by atoms with Gasteiger partial charge in [0.15, 0.2) is 17.4 Å². The van der Waals surface area contributed by atoms with E-state index in [9.17, 15) is 18.4 Å². The summed E-state index contributed by atoms with van der Waals surface area (Å²) >= 11 is 0. The predicted octanol–water partition coefficient (Wildman–Crippen LogP) is 2.81. The van der Waals surface area contributed by atoms with Crippen molar-refractivity contribution in [2.75, 3.05) is 32.7 Å². The SMILES string of the molecule is C[C@@H]1CN(C(=O)C(N)=C2CCCC2=NCC(=O)N2CCC(Oc3c(F)cccc3F)CC2)C[C@H](C)O1. The van der Waals surface area contributed by atoms with Gasteiger partial charge in [-0.05, 0) is 45.2 Å². The van der Waals surface area contributed by atoms with Crippen LogP contribution >= 0.6 is 0 Å². The first-order valence-electron chi connectivity index (χ1n) is 12.6. The van der Waals surface area contributed by atoms with Crippen LogP contribution in [0.3, 0.4) is 0 Å². The first-order valence-corrected chi connectivity index (χ1v) is 12.6. The van der Waals surface area contributed by atoms with Gasteiger partial charge in [0.05, 0.1) is 12.2 Å². The molecule has 0 unspecified atom stereocenters. The molecule has 0 bridgehead atoms. The number of morpholine rings is 1. The van der Waals surface area contributed by atoms with Crippen LogP contribution in [-0.4, -0.2) is 78.4 Å². The third kappa shape index (κ3) is 6.03. The van der Waals surface area contributed by atoms with Crippen molar-refractivity contribution in [3.8, 4) is 5.75 Å². The van der Waals surface area contributed by atoms with E-state index in [2.05, 4.69) is 4.99 Å². The van der Waals surface area contributed by atoms with Crippen molar-refractivity contribution in [1.29, 1.82) is 0 Å². The molecule has 2 atom stereocenters. The summed E-state index contributed by atoms with van der Waals surface area (Å²) < 4.78 is 38.9. The summed E-state index contributed by atoms with van der Waals surface area (Å²) in [4.78, 5) is 33.7. The molecule has 1 aromatic rings. The number of nitrogens with two attached hydrogens (primary N) is 1. The first kappa shape index (κ1) is 26.1. The summed E-state index contributed by atoms with van der Waals surface area (Å²) in [6, 6.07) is 3.60. The minimum absolute atomic E-state index is 0.0284. The summed E-state index contributed by atoms with van der Waals surface area (Å²) in [5, 5.41) is 0. The standard InChI is InChI=1S/C26H34F2N4O4/c1-16-14-32(15-17(2)35-16)26(34)24(29)19-5-3-8-22(19)30-13-23(33)31-11-9-18(10-12-31)36-25-20(27)6-4-7-21(25)28/h4,6-7,16-18H,3,5,8-15,29H2,1-2H3/t16-,17+. The largest absolute Gasteiger partial charge is 0.484 e. The van der Waals surface area contributed by atoms with E-state index in [1.54, 1.807) is 9.80 Å². The molecular formula is C26H34F2N4O4. The number of aliphatic imine (C=N–C) groups is 1. The number of carbonyl (C=O) groups excluding carboxylic acids is 2. The van der Waals surface area contributed by atoms with E-state index in [0.29, 0.717) is 51.9 Å². The molecule has 196 valence electrons. The third-order valence-corrected chi connectivity index (χ3v) is 6.85. The maximum Gasteiger partial charge on any atom is 0.270 e. The maximum absolute atomic E-state index is 13.9. The Morgan fingerprint density at radius 1 is 1.08 bits per heavy atom. The highest BCUT2D eigenvalue weighted by Gasteiger charge is 2.30. The second-order valence-electron chi connectivity index (χ2n) is 9.72. The highest BCUT2D eigenvalue weighted by atomic mass is 19.1. The second-order valence-corrected chi connectivity index (χ2v) is 9.72. The number of nitrogens with zero attached hydrogens (tertiary/aromatic N) is 3. The van der Waals surface area contributed by atoms with E-state index in [4.69, 9.17) is 15.2 Å². The molecule has 1 aromatic carbocycles. The fourth-order valence-electron chi connectivity index (χ4n) is 5.08. The van der Waals surface area contributed by atoms with E-state index in [-0.39, 0.29) is 48.1 Å². The number of para-hydroxylation sites is 1. The molecule has 2 amide bonds. The van der Waals surface area contributed by atoms with Crippen LogP contribution < -0.4 is 10.5 Å². The van der Waals surface area contributed by atoms with Crippen molar-refractivity contribution in [1.82, 2.24) is 9.80 Å². The number of carbonyl (C=O) groups is 2. The van der Waals surface area contributed by atoms with E-state index in [1.807, 2.05) is 13.8 Å². The summed E-state index contributed by atoms with van der Waals surface area (Å²) in [6.45, 7) is 5.65. The summed E-state index contributed by atoms with van der Waals surface area (Å²) in [5.74, 6) is -2.19. The molecule has 2 saturated heterocycles. The van der Waals surface area contributed by atoms with Crippen molar-refractivity contribution in [2.45, 2.75) is 64.3 Å². The Labute approximate surface area is 210 Å². The quantitative estimate of drug-likeness (QED) is 0.622. The van der Waals surface area contributed by atoms with Crippen LogP contribution in [0, 0.1) is 11.6 Å². The van der Waals surface area contributed by atoms with Crippen LogP contribution in [0.4, 0.5) is 8.78 Å². The monoisotopic (exact) mass is 504 g/mol. The zero-order valence-corrected chi connectivity index (χ0v) is 20.8. The number of benzene rings is 1. The maximum atomic E-state index is 13.9. The van der Waals surface area contributed by atoms with Gasteiger partial charge in [-0.15, -0.1) is 0 Å². The highest BCUT2D eigenvalue weighted by molar-refractivity contribution is 6.09. The molecule has 0 aromatic heterocycles. The smallest absolute Gasteiger partial charge is 0.270 e. The Morgan fingerprint density at radius 2 is 1.72 bits per heavy atom. The average Bonchev–Trinajstić information content (AvgIpc) is 3.32. The van der Waals surface area contributed by atoms with E-state index in [1.165, 1.54) is 6.07 Å². The summed E-state index contributed by atoms with van der Waals surface area (Å²) in [7, 11) is 0. The predicted molar refractivity (Wildman–Crippen MR) is 131 cm³/mol. The fourth-order valence-corrected chi connectivity index (χ4v) is 5.08. The van der Waals surface area contributed by atoms with Gasteiger partial charge in [-0.2, -0.15) is 0 Å². The van der Waals surface area contributed by atoms with Crippen LogP contribution in [0.25, 0.3) is 0 Å². The normalized spacial score (nSPS) is 25.8. The van der Waals surface area contributed by atoms with Gasteiger partial charge in [-0.3, -0.25) is 14.6 Å². The first-order chi connectivity index (χ1) is 17.2. The summed E-state index contributed by atoms with van der Waals surface area (Å²) in [5.41, 5.74) is 7.95. The number of rotatable bonds is 5. The van der Waals surface area contributed by atoms with Crippen molar-refractivity contribution in [2.24, 2.45) is 10.7 Å². The fraction of sp³-hybridized carbons (Fsp3) is 0.577. The Balaban J connectivity index is 1.32. The Kier molecular flexibility index (Phi) is 8.23. The van der Waals surface area contributed by atoms with Crippen LogP contribution in [0.5, 0.6) is 5.75 Å². The molecule has 1 aliphatic carbocycles. The molecule has 2 N–H and O–H groups in total. The van der Waals surface area contributed by atoms with Gasteiger partial charge < -0.3 is 25.0 Å². The van der Waals surface area contributed by atoms with E-state index < -0.39 is 11.6 Å². The number of piperidine rings is 1. The second kappa shape index (κ2) is 11.4. The Bertz CT molecular complexity index is 1020. The molecule has 1 saturated carbocycles. The summed E-state index contributed by atoms with van der Waals surface area (Å²) in [6.07, 6.45) is 2.65. The van der Waals surface area contributed by atoms with Gasteiger partial charge in [0.25, 0.3) is 5.91 Å². The Hall–Kier alpha value is -3.01. The zero-order valence-electron chi connectivity index (χ0n) is 20.8. The van der Waals surface area contributed by atoms with Gasteiger partial charge in [-0.1, -0.05) is 6.07 Å². The number of halogens is 2. The van der Waals surface area contributed by atoms with E-state index in [0.717, 1.165) is 29.8 Å². The number of amides is 2. The average molecular weight is 505 g/mol. The van der Waals surface area contributed by atoms with E-state index >= 15 is 0 Å². The van der Waals surface area contributed by atoms with Crippen molar-refractivity contribution in [3.05, 3.63) is 41.1 Å². The highest BCUT2D eigenvalue weighted by Crippen LogP contribution is 2.27. The number of hydrogen-bond acceptors (Lipinski definition) is 6. The lowest BCUT2D eigenvalue weighted by Gasteiger charge is -2.35. The molecule has 36 heavy (non-hydrogen) atoms. The van der Waals surface area contributed by atoms with Crippen LogP contribution in [-0.2, 0) is 14.3 Å². The topological polar surface area (TPSA) is 97.5 Å². The molecular weight excluding hydrogens is 470 g/mol. The molecule has 8 nitrogen and oxygen atoms in total. The zero-order chi connectivity index (χ0) is 25.8. The van der Waals surface area contributed by atoms with Gasteiger partial charge in [0.2, 0.25) is 5.91 Å². The van der Waals surface area contributed by atoms with Gasteiger partial charge in [0, 0.05) is 50.3 Å². The molecule has 2 heterocycles. The number of likely N-dealkylation sites (tertiary alicyclic amines) is 1. The minimum Gasteiger partial charge on any atom is -0.484 e. The molecule has 0 spiro atoms. The van der Waals surface area contributed by atoms with Crippen molar-refractivity contribution in [3.63, 3.8) is 0 Å². The van der Waals surface area contributed by atoms with Crippen LogP contribution in [0.15, 0.2) is 34.5 Å². The van der Waals surface area contributed by atoms with Crippen LogP contribution in [0.1, 0.15) is 46.0 Å². The molecule has 4 rings (SSSR count). The molecule has 3 aliphatic rings. The van der Waals surface area contributed by atoms with Gasteiger partial charge in [-0.25, -0.2) is 8.78 Å². The minimum atomic E-state index is -0.736. The molecule has 0 radical (unpaired) electrons. The lowest BCUT2D eigenvalue weighted by molar-refractivity contribution is -0.139.